The minimum absolute atomic E-state index is 0.0347. The maximum atomic E-state index is 13.4. The Balaban J connectivity index is 1.66. The van der Waals surface area contributed by atoms with Gasteiger partial charge in [-0.05, 0) is 54.8 Å². The highest BCUT2D eigenvalue weighted by atomic mass is 35.5. The minimum Gasteiger partial charge on any atom is -0.428 e. The summed E-state index contributed by atoms with van der Waals surface area (Å²) >= 11 is 5.84. The number of oxazole rings is 1. The molecular weight excluding hydrogens is 350 g/mol. The number of hydrogen-bond donors (Lipinski definition) is 0. The second-order valence-electron chi connectivity index (χ2n) is 6.98. The van der Waals surface area contributed by atoms with E-state index in [-0.39, 0.29) is 17.3 Å². The summed E-state index contributed by atoms with van der Waals surface area (Å²) in [5, 5.41) is 0.0949. The molecule has 1 aromatic carbocycles. The molecule has 4 rings (SSSR count). The van der Waals surface area contributed by atoms with Crippen LogP contribution in [0.1, 0.15) is 48.2 Å². The van der Waals surface area contributed by atoms with E-state index in [4.69, 9.17) is 16.0 Å². The van der Waals surface area contributed by atoms with Gasteiger partial charge in [-0.2, -0.15) is 4.98 Å². The molecule has 2 heterocycles. The summed E-state index contributed by atoms with van der Waals surface area (Å²) in [6, 6.07) is 9.71. The summed E-state index contributed by atoms with van der Waals surface area (Å²) in [5.74, 6) is 0.0347. The highest BCUT2D eigenvalue weighted by molar-refractivity contribution is 6.28. The molecule has 3 aromatic rings. The zero-order valence-corrected chi connectivity index (χ0v) is 15.6. The van der Waals surface area contributed by atoms with E-state index in [1.54, 1.807) is 12.1 Å². The SMILES string of the molecule is Cn1cccc1CN(C(=O)c1ccc2nc(Cl)oc2c1)C1CCCCC1. The van der Waals surface area contributed by atoms with E-state index in [1.807, 2.05) is 30.3 Å². The zero-order valence-electron chi connectivity index (χ0n) is 14.8. The quantitative estimate of drug-likeness (QED) is 0.662. The van der Waals surface area contributed by atoms with Gasteiger partial charge < -0.3 is 13.9 Å². The number of carbonyl (C=O) groups is 1. The maximum absolute atomic E-state index is 13.4. The van der Waals surface area contributed by atoms with Gasteiger partial charge in [0.05, 0.1) is 6.54 Å². The molecule has 0 unspecified atom stereocenters. The van der Waals surface area contributed by atoms with Crippen molar-refractivity contribution in [2.75, 3.05) is 0 Å². The Hall–Kier alpha value is -2.27. The van der Waals surface area contributed by atoms with E-state index < -0.39 is 0 Å². The fourth-order valence-corrected chi connectivity index (χ4v) is 3.96. The molecule has 1 fully saturated rings. The highest BCUT2D eigenvalue weighted by Crippen LogP contribution is 2.27. The first-order valence-corrected chi connectivity index (χ1v) is 9.47. The molecule has 136 valence electrons. The number of nitrogens with zero attached hydrogens (tertiary/aromatic N) is 3. The van der Waals surface area contributed by atoms with Gasteiger partial charge in [0.2, 0.25) is 0 Å². The number of aryl methyl sites for hydroxylation is 1. The van der Waals surface area contributed by atoms with E-state index >= 15 is 0 Å². The summed E-state index contributed by atoms with van der Waals surface area (Å²) in [6.07, 6.45) is 7.75. The molecule has 0 aliphatic heterocycles. The molecule has 5 nitrogen and oxygen atoms in total. The van der Waals surface area contributed by atoms with E-state index in [0.29, 0.717) is 23.2 Å². The lowest BCUT2D eigenvalue weighted by Crippen LogP contribution is -2.41. The van der Waals surface area contributed by atoms with Gasteiger partial charge in [0.25, 0.3) is 11.3 Å². The van der Waals surface area contributed by atoms with Gasteiger partial charge in [0.1, 0.15) is 5.52 Å². The Labute approximate surface area is 157 Å². The largest absolute Gasteiger partial charge is 0.428 e. The molecule has 0 saturated heterocycles. The summed E-state index contributed by atoms with van der Waals surface area (Å²) in [7, 11) is 2.02. The van der Waals surface area contributed by atoms with Crippen molar-refractivity contribution in [2.24, 2.45) is 7.05 Å². The van der Waals surface area contributed by atoms with Crippen molar-refractivity contribution in [2.45, 2.75) is 44.7 Å². The lowest BCUT2D eigenvalue weighted by Gasteiger charge is -2.34. The van der Waals surface area contributed by atoms with E-state index in [1.165, 1.54) is 19.3 Å². The van der Waals surface area contributed by atoms with Crippen molar-refractivity contribution >= 4 is 28.6 Å². The molecule has 0 N–H and O–H groups in total. The Bertz CT molecular complexity index is 924. The van der Waals surface area contributed by atoms with Crippen molar-refractivity contribution in [3.8, 4) is 0 Å². The molecule has 1 aliphatic carbocycles. The van der Waals surface area contributed by atoms with Crippen molar-refractivity contribution < 1.29 is 9.21 Å². The first kappa shape index (κ1) is 17.2. The molecule has 26 heavy (non-hydrogen) atoms. The lowest BCUT2D eigenvalue weighted by atomic mass is 9.93. The van der Waals surface area contributed by atoms with Crippen LogP contribution in [-0.2, 0) is 13.6 Å². The van der Waals surface area contributed by atoms with Gasteiger partial charge in [-0.1, -0.05) is 19.3 Å². The number of fused-ring (bicyclic) bond motifs is 1. The maximum Gasteiger partial charge on any atom is 0.293 e. The fraction of sp³-hybridized carbons (Fsp3) is 0.400. The number of hydrogen-bond acceptors (Lipinski definition) is 3. The van der Waals surface area contributed by atoms with Crippen LogP contribution >= 0.6 is 11.6 Å². The van der Waals surface area contributed by atoms with Crippen molar-refractivity contribution in [1.29, 1.82) is 0 Å². The van der Waals surface area contributed by atoms with Gasteiger partial charge in [0, 0.05) is 30.5 Å². The van der Waals surface area contributed by atoms with Crippen LogP contribution in [0.5, 0.6) is 0 Å². The second kappa shape index (κ2) is 7.16. The normalized spacial score (nSPS) is 15.5. The average molecular weight is 372 g/mol. The van der Waals surface area contributed by atoms with Gasteiger partial charge >= 0.3 is 0 Å². The second-order valence-corrected chi connectivity index (χ2v) is 7.31. The molecule has 1 amide bonds. The van der Waals surface area contributed by atoms with Crippen LogP contribution in [0.3, 0.4) is 0 Å². The lowest BCUT2D eigenvalue weighted by molar-refractivity contribution is 0.0609. The van der Waals surface area contributed by atoms with Gasteiger partial charge in [0.15, 0.2) is 5.58 Å². The first-order chi connectivity index (χ1) is 12.6. The molecule has 1 aliphatic rings. The third-order valence-corrected chi connectivity index (χ3v) is 5.43. The van der Waals surface area contributed by atoms with Crippen LogP contribution in [0, 0.1) is 0 Å². The van der Waals surface area contributed by atoms with Crippen LogP contribution in [0.25, 0.3) is 11.1 Å². The molecule has 0 bridgehead atoms. The Kier molecular flexibility index (Phi) is 4.72. The highest BCUT2D eigenvalue weighted by Gasteiger charge is 2.27. The molecular formula is C20H22ClN3O2. The number of aromatic nitrogens is 2. The van der Waals surface area contributed by atoms with Gasteiger partial charge in [-0.15, -0.1) is 0 Å². The minimum atomic E-state index is 0.0347. The number of amides is 1. The Morgan fingerprint density at radius 3 is 2.85 bits per heavy atom. The van der Waals surface area contributed by atoms with Crippen LogP contribution < -0.4 is 0 Å². The monoisotopic (exact) mass is 371 g/mol. The molecule has 1 saturated carbocycles. The van der Waals surface area contributed by atoms with E-state index in [2.05, 4.69) is 15.6 Å². The third-order valence-electron chi connectivity index (χ3n) is 5.27. The summed E-state index contributed by atoms with van der Waals surface area (Å²) in [6.45, 7) is 0.613. The number of carbonyl (C=O) groups excluding carboxylic acids is 1. The molecule has 0 spiro atoms. The predicted octanol–water partition coefficient (Wildman–Crippen LogP) is 4.79. The average Bonchev–Trinajstić information content (AvgIpc) is 3.23. The molecule has 6 heteroatoms. The van der Waals surface area contributed by atoms with Gasteiger partial charge in [-0.25, -0.2) is 0 Å². The van der Waals surface area contributed by atoms with E-state index in [9.17, 15) is 4.79 Å². The fourth-order valence-electron chi connectivity index (χ4n) is 3.79. The van der Waals surface area contributed by atoms with Crippen LogP contribution in [0.4, 0.5) is 0 Å². The first-order valence-electron chi connectivity index (χ1n) is 9.09. The van der Waals surface area contributed by atoms with Crippen LogP contribution in [0.2, 0.25) is 5.35 Å². The number of rotatable bonds is 4. The Morgan fingerprint density at radius 2 is 2.12 bits per heavy atom. The molecule has 0 radical (unpaired) electrons. The molecule has 2 aromatic heterocycles. The van der Waals surface area contributed by atoms with Gasteiger partial charge in [-0.3, -0.25) is 4.79 Å². The summed E-state index contributed by atoms with van der Waals surface area (Å²) in [4.78, 5) is 19.5. The van der Waals surface area contributed by atoms with Crippen LogP contribution in [-0.4, -0.2) is 26.4 Å². The van der Waals surface area contributed by atoms with Crippen molar-refractivity contribution in [3.63, 3.8) is 0 Å². The summed E-state index contributed by atoms with van der Waals surface area (Å²) < 4.78 is 7.46. The number of benzene rings is 1. The van der Waals surface area contributed by atoms with Crippen LogP contribution in [0.15, 0.2) is 40.9 Å². The number of halogens is 1. The van der Waals surface area contributed by atoms with Crippen molar-refractivity contribution in [1.82, 2.24) is 14.5 Å². The zero-order chi connectivity index (χ0) is 18.1. The summed E-state index contributed by atoms with van der Waals surface area (Å²) in [5.41, 5.74) is 2.96. The Morgan fingerprint density at radius 1 is 1.31 bits per heavy atom. The standard InChI is InChI=1S/C20H22ClN3O2/c1-23-11-5-8-16(23)13-24(15-6-3-2-4-7-15)19(25)14-9-10-17-18(12-14)26-20(21)22-17/h5,8-12,15H,2-4,6-7,13H2,1H3. The molecule has 0 atom stereocenters. The smallest absolute Gasteiger partial charge is 0.293 e. The topological polar surface area (TPSA) is 51.3 Å². The third kappa shape index (κ3) is 3.36. The van der Waals surface area contributed by atoms with Crippen molar-refractivity contribution in [3.05, 3.63) is 53.1 Å². The predicted molar refractivity (Wildman–Crippen MR) is 101 cm³/mol. The van der Waals surface area contributed by atoms with E-state index in [0.717, 1.165) is 18.5 Å².